The van der Waals surface area contributed by atoms with Gasteiger partial charge in [-0.25, -0.2) is 8.42 Å². The van der Waals surface area contributed by atoms with E-state index in [1.54, 1.807) is 29.6 Å². The van der Waals surface area contributed by atoms with Crippen LogP contribution in [-0.2, 0) is 21.2 Å². The van der Waals surface area contributed by atoms with Gasteiger partial charge in [-0.3, -0.25) is 9.10 Å². The second-order valence-corrected chi connectivity index (χ2v) is 14.5. The van der Waals surface area contributed by atoms with Gasteiger partial charge in [0.05, 0.1) is 14.8 Å². The van der Waals surface area contributed by atoms with E-state index in [2.05, 4.69) is 53.8 Å². The Balaban J connectivity index is 0.000000747. The number of Topliss-reactive ketones (excluding diaryl/α,β-unsaturated/α-hetero) is 1. The zero-order valence-electron chi connectivity index (χ0n) is 27.4. The minimum absolute atomic E-state index is 0.121. The Morgan fingerprint density at radius 3 is 2.21 bits per heavy atom. The fraction of sp³-hybridized carbons (Fsp3) is 0.471. The summed E-state index contributed by atoms with van der Waals surface area (Å²) >= 11 is 6.00. The first-order valence-corrected chi connectivity index (χ1v) is 17.1. The minimum Gasteiger partial charge on any atom is -0.304 e. The van der Waals surface area contributed by atoms with Gasteiger partial charge in [0.2, 0.25) is 0 Å². The van der Waals surface area contributed by atoms with Crippen molar-refractivity contribution >= 4 is 46.1 Å². The molecular weight excluding hydrogens is 583 g/mol. The zero-order valence-corrected chi connectivity index (χ0v) is 29.9. The van der Waals surface area contributed by atoms with Crippen molar-refractivity contribution in [2.24, 2.45) is 5.41 Å². The van der Waals surface area contributed by atoms with Gasteiger partial charge in [0.1, 0.15) is 6.29 Å². The summed E-state index contributed by atoms with van der Waals surface area (Å²) in [5, 5.41) is 0. The van der Waals surface area contributed by atoms with E-state index in [1.807, 2.05) is 58.9 Å². The van der Waals surface area contributed by atoms with E-state index in [0.29, 0.717) is 23.6 Å². The SMILES string of the molecule is C=C/C(=C\C=C/C)N(CC)S(=O)(=O)c1cc(C(C)C)ccc1C.CC.CC=O.Cc1sc(S)c2c1CC(C)(C)CC2=O. The third-order valence-electron chi connectivity index (χ3n) is 6.45. The summed E-state index contributed by atoms with van der Waals surface area (Å²) in [5.41, 5.74) is 4.59. The molecule has 0 atom stereocenters. The van der Waals surface area contributed by atoms with Crippen LogP contribution in [0.5, 0.6) is 0 Å². The van der Waals surface area contributed by atoms with Crippen molar-refractivity contribution < 1.29 is 18.0 Å². The first-order valence-electron chi connectivity index (χ1n) is 14.4. The number of hydrogen-bond donors (Lipinski definition) is 1. The molecule has 1 heterocycles. The zero-order chi connectivity index (χ0) is 32.8. The van der Waals surface area contributed by atoms with Gasteiger partial charge in [0, 0.05) is 23.4 Å². The maximum atomic E-state index is 13.1. The van der Waals surface area contributed by atoms with Crippen LogP contribution in [-0.4, -0.2) is 31.3 Å². The summed E-state index contributed by atoms with van der Waals surface area (Å²) in [6.07, 6.45) is 9.42. The van der Waals surface area contributed by atoms with Crippen molar-refractivity contribution in [1.29, 1.82) is 0 Å². The summed E-state index contributed by atoms with van der Waals surface area (Å²) in [5.74, 6) is 0.544. The molecule has 0 aliphatic heterocycles. The lowest BCUT2D eigenvalue weighted by Crippen LogP contribution is -2.30. The van der Waals surface area contributed by atoms with Gasteiger partial charge in [-0.15, -0.1) is 24.0 Å². The molecule has 0 spiro atoms. The average molecular weight is 634 g/mol. The standard InChI is InChI=1S/C19H27NO2S.C11H14OS2.C2H4O.C2H6/c1-7-10-11-18(8-2)20(9-3)23(21,22)19-14-17(15(4)5)13-12-16(19)6;1-6-7-4-11(2,3)5-8(12)9(7)10(13)14-6;1-2-3;1-2/h7-8,10-15H,2,9H2,1,3-6H3;13H,4-5H2,1-3H3;2H,1H3;1-2H3/b10-7-,18-11+;;;. The molecule has 0 amide bonds. The molecule has 1 aromatic heterocycles. The molecule has 8 heteroatoms. The molecule has 1 aliphatic rings. The van der Waals surface area contributed by atoms with Crippen molar-refractivity contribution in [3.05, 3.63) is 81.9 Å². The van der Waals surface area contributed by atoms with Crippen molar-refractivity contribution in [2.45, 2.75) is 104 Å². The van der Waals surface area contributed by atoms with Gasteiger partial charge >= 0.3 is 0 Å². The molecule has 0 bridgehead atoms. The summed E-state index contributed by atoms with van der Waals surface area (Å²) in [6, 6.07) is 5.65. The van der Waals surface area contributed by atoms with Crippen LogP contribution in [0.2, 0.25) is 0 Å². The topological polar surface area (TPSA) is 71.5 Å². The van der Waals surface area contributed by atoms with Gasteiger partial charge in [-0.1, -0.05) is 72.4 Å². The number of carbonyl (C=O) groups is 2. The number of allylic oxidation sites excluding steroid dienone is 4. The molecule has 0 saturated heterocycles. The molecule has 0 unspecified atom stereocenters. The molecule has 2 aromatic rings. The fourth-order valence-corrected chi connectivity index (χ4v) is 7.79. The highest BCUT2D eigenvalue weighted by Gasteiger charge is 2.34. The molecule has 0 N–H and O–H groups in total. The van der Waals surface area contributed by atoms with E-state index in [9.17, 15) is 13.2 Å². The molecule has 1 aromatic carbocycles. The number of fused-ring (bicyclic) bond motifs is 1. The normalized spacial score (nSPS) is 14.0. The number of thiol groups is 1. The third kappa shape index (κ3) is 10.7. The Hall–Kier alpha value is -2.42. The van der Waals surface area contributed by atoms with Crippen molar-refractivity contribution in [3.63, 3.8) is 0 Å². The van der Waals surface area contributed by atoms with E-state index >= 15 is 0 Å². The Bertz CT molecular complexity index is 1360. The van der Waals surface area contributed by atoms with Crippen molar-refractivity contribution in [1.82, 2.24) is 4.31 Å². The number of rotatable bonds is 7. The molecule has 3 rings (SSSR count). The Labute approximate surface area is 265 Å². The van der Waals surface area contributed by atoms with Crippen LogP contribution in [0.15, 0.2) is 63.9 Å². The fourth-order valence-electron chi connectivity index (χ4n) is 4.44. The second kappa shape index (κ2) is 18.3. The van der Waals surface area contributed by atoms with Crippen molar-refractivity contribution in [2.75, 3.05) is 6.54 Å². The minimum atomic E-state index is -3.62. The number of carbonyl (C=O) groups excluding carboxylic acids is 2. The molecule has 5 nitrogen and oxygen atoms in total. The van der Waals surface area contributed by atoms with Gasteiger partial charge in [-0.2, -0.15) is 0 Å². The van der Waals surface area contributed by atoms with Crippen LogP contribution < -0.4 is 0 Å². The van der Waals surface area contributed by atoms with Gasteiger partial charge in [0.25, 0.3) is 10.0 Å². The van der Waals surface area contributed by atoms with Crippen LogP contribution in [0, 0.1) is 19.3 Å². The lowest BCUT2D eigenvalue weighted by molar-refractivity contribution is -0.106. The van der Waals surface area contributed by atoms with Gasteiger partial charge in [-0.05, 0) is 87.3 Å². The van der Waals surface area contributed by atoms with Gasteiger partial charge in [0.15, 0.2) is 5.78 Å². The molecule has 0 saturated carbocycles. The number of thiophene rings is 1. The van der Waals surface area contributed by atoms with E-state index in [0.717, 1.165) is 33.6 Å². The first kappa shape index (κ1) is 39.6. The highest BCUT2D eigenvalue weighted by Crippen LogP contribution is 2.42. The number of benzene rings is 1. The Kier molecular flexibility index (Phi) is 17.2. The number of nitrogens with zero attached hydrogens (tertiary/aromatic N) is 1. The first-order chi connectivity index (χ1) is 19.6. The lowest BCUT2D eigenvalue weighted by atomic mass is 9.74. The monoisotopic (exact) mass is 633 g/mol. The number of likely N-dealkylation sites (N-methyl/N-ethyl adjacent to an activating group) is 1. The molecule has 42 heavy (non-hydrogen) atoms. The number of ketones is 1. The van der Waals surface area contributed by atoms with Crippen LogP contribution in [0.25, 0.3) is 0 Å². The predicted octanol–water partition coefficient (Wildman–Crippen LogP) is 9.51. The third-order valence-corrected chi connectivity index (χ3v) is 9.95. The number of sulfonamides is 1. The molecule has 234 valence electrons. The molecule has 0 radical (unpaired) electrons. The van der Waals surface area contributed by atoms with Gasteiger partial charge < -0.3 is 4.79 Å². The summed E-state index contributed by atoms with van der Waals surface area (Å²) in [4.78, 5) is 22.3. The summed E-state index contributed by atoms with van der Waals surface area (Å²) in [6.45, 7) is 25.6. The smallest absolute Gasteiger partial charge is 0.264 e. The predicted molar refractivity (Wildman–Crippen MR) is 184 cm³/mol. The molecule has 1 aliphatic carbocycles. The van der Waals surface area contributed by atoms with E-state index in [-0.39, 0.29) is 17.1 Å². The van der Waals surface area contributed by atoms with Crippen LogP contribution >= 0.6 is 24.0 Å². The highest BCUT2D eigenvalue weighted by molar-refractivity contribution is 7.89. The van der Waals surface area contributed by atoms with E-state index in [1.165, 1.54) is 21.7 Å². The second-order valence-electron chi connectivity index (χ2n) is 10.7. The molecular formula is C34H51NO4S3. The molecule has 0 fully saturated rings. The maximum Gasteiger partial charge on any atom is 0.264 e. The Morgan fingerprint density at radius 2 is 1.74 bits per heavy atom. The van der Waals surface area contributed by atoms with E-state index < -0.39 is 10.0 Å². The average Bonchev–Trinajstić information content (AvgIpc) is 3.20. The van der Waals surface area contributed by atoms with E-state index in [4.69, 9.17) is 4.79 Å². The number of aldehydes is 1. The largest absolute Gasteiger partial charge is 0.304 e. The van der Waals surface area contributed by atoms with Crippen LogP contribution in [0.3, 0.4) is 0 Å². The summed E-state index contributed by atoms with van der Waals surface area (Å²) < 4.78 is 28.6. The number of aryl methyl sites for hydroxylation is 2. The Morgan fingerprint density at radius 1 is 1.17 bits per heavy atom. The maximum absolute atomic E-state index is 13.1. The quantitative estimate of drug-likeness (QED) is 0.187. The van der Waals surface area contributed by atoms with Crippen LogP contribution in [0.4, 0.5) is 0 Å². The lowest BCUT2D eigenvalue weighted by Gasteiger charge is -2.29. The number of hydrogen-bond acceptors (Lipinski definition) is 6. The van der Waals surface area contributed by atoms with Crippen molar-refractivity contribution in [3.8, 4) is 0 Å². The highest BCUT2D eigenvalue weighted by atomic mass is 32.2. The van der Waals surface area contributed by atoms with Crippen LogP contribution in [0.1, 0.15) is 107 Å². The summed E-state index contributed by atoms with van der Waals surface area (Å²) in [7, 11) is -3.62.